The summed E-state index contributed by atoms with van der Waals surface area (Å²) in [5.74, 6) is -0.390. The van der Waals surface area contributed by atoms with Crippen LogP contribution in [0.25, 0.3) is 0 Å². The molecule has 31 heavy (non-hydrogen) atoms. The Morgan fingerprint density at radius 1 is 1.29 bits per heavy atom. The van der Waals surface area contributed by atoms with Crippen LogP contribution in [0.2, 0.25) is 0 Å². The summed E-state index contributed by atoms with van der Waals surface area (Å²) in [5, 5.41) is 18.0. The Balaban J connectivity index is 2.41. The lowest BCUT2D eigenvalue weighted by atomic mass is 10.2. The van der Waals surface area contributed by atoms with E-state index in [4.69, 9.17) is 4.74 Å². The van der Waals surface area contributed by atoms with Crippen molar-refractivity contribution in [3.63, 3.8) is 0 Å². The van der Waals surface area contributed by atoms with Crippen LogP contribution < -0.4 is 14.8 Å². The predicted octanol–water partition coefficient (Wildman–Crippen LogP) is 2.58. The van der Waals surface area contributed by atoms with Crippen molar-refractivity contribution >= 4 is 21.6 Å². The first-order valence-electron chi connectivity index (χ1n) is 9.75. The Morgan fingerprint density at radius 2 is 1.97 bits per heavy atom. The maximum absolute atomic E-state index is 12.8. The molecule has 1 aromatic carbocycles. The van der Waals surface area contributed by atoms with Gasteiger partial charge in [-0.3, -0.25) is 14.9 Å². The molecule has 0 aliphatic rings. The van der Waals surface area contributed by atoms with E-state index in [0.717, 1.165) is 18.6 Å². The molecule has 0 unspecified atom stereocenters. The van der Waals surface area contributed by atoms with Gasteiger partial charge in [0, 0.05) is 37.8 Å². The number of benzene rings is 1. The minimum Gasteiger partial charge on any atom is -0.438 e. The normalized spacial score (nSPS) is 12.6. The monoisotopic (exact) mass is 453 g/mol. The van der Waals surface area contributed by atoms with Crippen LogP contribution in [-0.2, 0) is 17.1 Å². The van der Waals surface area contributed by atoms with E-state index >= 15 is 0 Å². The van der Waals surface area contributed by atoms with Crippen molar-refractivity contribution in [2.24, 2.45) is 13.0 Å². The number of hydrogen-bond acceptors (Lipinski definition) is 7. The number of nitro benzene ring substituents is 1. The molecule has 0 spiro atoms. The molecule has 11 nitrogen and oxygen atoms in total. The second-order valence-electron chi connectivity index (χ2n) is 7.51. The van der Waals surface area contributed by atoms with Crippen molar-refractivity contribution in [1.29, 1.82) is 0 Å². The molecule has 12 heteroatoms. The van der Waals surface area contributed by atoms with Crippen molar-refractivity contribution in [2.75, 3.05) is 6.54 Å². The lowest BCUT2D eigenvalue weighted by Gasteiger charge is -2.13. The highest BCUT2D eigenvalue weighted by atomic mass is 32.2. The lowest BCUT2D eigenvalue weighted by molar-refractivity contribution is -0.385. The average Bonchev–Trinajstić information content (AvgIpc) is 3.07. The van der Waals surface area contributed by atoms with Crippen LogP contribution in [0.1, 0.15) is 44.6 Å². The number of nitrogens with one attached hydrogen (secondary N) is 2. The molecule has 1 heterocycles. The molecule has 1 amide bonds. The number of amides is 1. The highest BCUT2D eigenvalue weighted by Crippen LogP contribution is 2.32. The molecule has 0 radical (unpaired) electrons. The zero-order valence-corrected chi connectivity index (χ0v) is 18.9. The summed E-state index contributed by atoms with van der Waals surface area (Å²) < 4.78 is 35.0. The van der Waals surface area contributed by atoms with E-state index < -0.39 is 26.5 Å². The van der Waals surface area contributed by atoms with Crippen LogP contribution in [0.5, 0.6) is 11.6 Å². The molecule has 0 aliphatic carbocycles. The minimum atomic E-state index is -4.09. The molecule has 0 aliphatic heterocycles. The fraction of sp³-hybridized carbons (Fsp3) is 0.474. The van der Waals surface area contributed by atoms with Gasteiger partial charge in [0.25, 0.3) is 11.6 Å². The van der Waals surface area contributed by atoms with Crippen molar-refractivity contribution in [2.45, 2.75) is 45.1 Å². The van der Waals surface area contributed by atoms with Gasteiger partial charge in [0.05, 0.1) is 4.92 Å². The summed E-state index contributed by atoms with van der Waals surface area (Å²) in [5.41, 5.74) is -0.294. The molecule has 1 aromatic heterocycles. The number of carbonyl (C=O) groups excluding carboxylic acids is 1. The number of carbonyl (C=O) groups is 1. The van der Waals surface area contributed by atoms with E-state index in [0.29, 0.717) is 0 Å². The van der Waals surface area contributed by atoms with Crippen LogP contribution in [-0.4, -0.2) is 41.6 Å². The topological polar surface area (TPSA) is 145 Å². The Bertz CT molecular complexity index is 1060. The summed E-state index contributed by atoms with van der Waals surface area (Å²) in [6.45, 7) is 7.60. The summed E-state index contributed by atoms with van der Waals surface area (Å²) in [6, 6.07) is 4.61. The third-order valence-corrected chi connectivity index (χ3v) is 5.83. The number of rotatable bonds is 10. The molecule has 2 aromatic rings. The molecule has 2 rings (SSSR count). The summed E-state index contributed by atoms with van der Waals surface area (Å²) in [6.07, 6.45) is 0.745. The number of nitro groups is 1. The lowest BCUT2D eigenvalue weighted by Crippen LogP contribution is -2.32. The van der Waals surface area contributed by atoms with Crippen molar-refractivity contribution in [3.8, 4) is 11.6 Å². The van der Waals surface area contributed by atoms with Gasteiger partial charge in [0.2, 0.25) is 15.9 Å². The van der Waals surface area contributed by atoms with Crippen LogP contribution >= 0.6 is 0 Å². The number of aromatic nitrogens is 2. The van der Waals surface area contributed by atoms with Crippen LogP contribution in [0.3, 0.4) is 0 Å². The third-order valence-electron chi connectivity index (χ3n) is 4.38. The highest BCUT2D eigenvalue weighted by Gasteiger charge is 2.25. The first-order chi connectivity index (χ1) is 14.4. The number of non-ortho nitro benzene ring substituents is 1. The van der Waals surface area contributed by atoms with E-state index in [1.54, 1.807) is 0 Å². The molecule has 0 saturated heterocycles. The third kappa shape index (κ3) is 6.25. The number of nitrogens with zero attached hydrogens (tertiary/aromatic N) is 3. The molecule has 0 bridgehead atoms. The Morgan fingerprint density at radius 3 is 2.55 bits per heavy atom. The summed E-state index contributed by atoms with van der Waals surface area (Å²) in [4.78, 5) is 22.4. The van der Waals surface area contributed by atoms with Crippen LogP contribution in [0, 0.1) is 16.0 Å². The van der Waals surface area contributed by atoms with Crippen molar-refractivity contribution in [1.82, 2.24) is 19.8 Å². The molecule has 170 valence electrons. The number of hydrogen-bond donors (Lipinski definition) is 2. The maximum Gasteiger partial charge on any atom is 0.272 e. The summed E-state index contributed by atoms with van der Waals surface area (Å²) in [7, 11) is -2.56. The highest BCUT2D eigenvalue weighted by molar-refractivity contribution is 7.89. The molecule has 2 N–H and O–H groups in total. The van der Waals surface area contributed by atoms with Crippen LogP contribution in [0.15, 0.2) is 29.2 Å². The second kappa shape index (κ2) is 9.88. The van der Waals surface area contributed by atoms with Gasteiger partial charge in [-0.05, 0) is 25.3 Å². The van der Waals surface area contributed by atoms with E-state index in [2.05, 4.69) is 15.1 Å². The van der Waals surface area contributed by atoms with Gasteiger partial charge in [-0.25, -0.2) is 17.8 Å². The number of sulfonamides is 1. The maximum atomic E-state index is 12.8. The minimum absolute atomic E-state index is 0.0292. The van der Waals surface area contributed by atoms with Gasteiger partial charge in [-0.1, -0.05) is 20.8 Å². The van der Waals surface area contributed by atoms with E-state index in [1.165, 1.54) is 23.9 Å². The molecule has 0 saturated carbocycles. The van der Waals surface area contributed by atoms with E-state index in [1.807, 2.05) is 27.7 Å². The predicted molar refractivity (Wildman–Crippen MR) is 114 cm³/mol. The fourth-order valence-corrected chi connectivity index (χ4v) is 3.79. The van der Waals surface area contributed by atoms with Crippen molar-refractivity contribution in [3.05, 3.63) is 40.1 Å². The first-order valence-corrected chi connectivity index (χ1v) is 11.2. The van der Waals surface area contributed by atoms with Gasteiger partial charge in [-0.15, -0.1) is 0 Å². The Kier molecular flexibility index (Phi) is 7.74. The van der Waals surface area contributed by atoms with Gasteiger partial charge in [0.15, 0.2) is 5.69 Å². The Labute approximate surface area is 181 Å². The molecular weight excluding hydrogens is 426 g/mol. The zero-order valence-electron chi connectivity index (χ0n) is 18.1. The van der Waals surface area contributed by atoms with Gasteiger partial charge in [-0.2, -0.15) is 5.10 Å². The largest absolute Gasteiger partial charge is 0.438 e. The molecule has 1 atom stereocenters. The smallest absolute Gasteiger partial charge is 0.272 e. The summed E-state index contributed by atoms with van der Waals surface area (Å²) >= 11 is 0. The van der Waals surface area contributed by atoms with Gasteiger partial charge >= 0.3 is 0 Å². The quantitative estimate of drug-likeness (QED) is 0.415. The number of ether oxygens (including phenoxy) is 1. The van der Waals surface area contributed by atoms with Crippen LogP contribution in [0.4, 0.5) is 5.69 Å². The second-order valence-corrected chi connectivity index (χ2v) is 9.25. The first kappa shape index (κ1) is 24.3. The standard InChI is InChI=1S/C19H27N5O6S/c1-6-13(4)21-19(25)15-10-18(23(5)22-15)30-16-8-7-14(24(26)27)9-17(16)31(28,29)20-11-12(2)3/h7-10,12-13,20H,6,11H2,1-5H3,(H,21,25)/t13-/m1/s1. The van der Waals surface area contributed by atoms with Crippen molar-refractivity contribution < 1.29 is 22.9 Å². The molecule has 0 fully saturated rings. The zero-order chi connectivity index (χ0) is 23.3. The fourth-order valence-electron chi connectivity index (χ4n) is 2.43. The SMILES string of the molecule is CC[C@@H](C)NC(=O)c1cc(Oc2ccc([N+](=O)[O-])cc2S(=O)(=O)NCC(C)C)n(C)n1. The van der Waals surface area contributed by atoms with E-state index in [-0.39, 0.29) is 40.7 Å². The number of aryl methyl sites for hydroxylation is 1. The van der Waals surface area contributed by atoms with E-state index in [9.17, 15) is 23.3 Å². The average molecular weight is 454 g/mol. The Hall–Kier alpha value is -2.99. The molecular formula is C19H27N5O6S. The van der Waals surface area contributed by atoms with Gasteiger partial charge < -0.3 is 10.1 Å². The van der Waals surface area contributed by atoms with Gasteiger partial charge in [0.1, 0.15) is 10.6 Å².